The number of hydrogen-bond acceptors (Lipinski definition) is 6. The molecular weight excluding hydrogens is 420 g/mol. The van der Waals surface area contributed by atoms with Crippen molar-refractivity contribution in [2.45, 2.75) is 32.4 Å². The van der Waals surface area contributed by atoms with Crippen molar-refractivity contribution in [3.8, 4) is 5.82 Å². The molecule has 9 nitrogen and oxygen atoms in total. The van der Waals surface area contributed by atoms with Crippen LogP contribution < -0.4 is 11.1 Å². The highest BCUT2D eigenvalue weighted by atomic mass is 16.2. The van der Waals surface area contributed by atoms with Gasteiger partial charge in [0.1, 0.15) is 6.04 Å². The molecule has 0 saturated heterocycles. The Morgan fingerprint density at radius 1 is 1.15 bits per heavy atom. The molecule has 0 aliphatic carbocycles. The number of carbonyl (C=O) groups is 3. The lowest BCUT2D eigenvalue weighted by Gasteiger charge is -2.23. The molecule has 0 radical (unpaired) electrons. The number of nitrogens with one attached hydrogen (secondary N) is 1. The SMILES string of the molecule is CCN1CCc2cn(-c3ncccc3C(=O)NC(Cc3ccccc3)C(=O)C(N)=O)nc2C1. The summed E-state index contributed by atoms with van der Waals surface area (Å²) in [6.07, 6.45) is 4.51. The lowest BCUT2D eigenvalue weighted by atomic mass is 10.0. The summed E-state index contributed by atoms with van der Waals surface area (Å²) in [4.78, 5) is 43.9. The van der Waals surface area contributed by atoms with Gasteiger partial charge in [-0.2, -0.15) is 5.10 Å². The Morgan fingerprint density at radius 3 is 2.67 bits per heavy atom. The second-order valence-corrected chi connectivity index (χ2v) is 7.98. The van der Waals surface area contributed by atoms with Crippen molar-refractivity contribution in [1.82, 2.24) is 25.0 Å². The van der Waals surface area contributed by atoms with Crippen LogP contribution in [0.5, 0.6) is 0 Å². The molecule has 3 N–H and O–H groups in total. The summed E-state index contributed by atoms with van der Waals surface area (Å²) in [5.74, 6) is -2.12. The average Bonchev–Trinajstić information content (AvgIpc) is 3.27. The number of likely N-dealkylation sites (N-methyl/N-ethyl adjacent to an activating group) is 1. The van der Waals surface area contributed by atoms with Crippen LogP contribution in [-0.4, -0.2) is 56.4 Å². The summed E-state index contributed by atoms with van der Waals surface area (Å²) in [6, 6.07) is 11.3. The maximum atomic E-state index is 13.2. The highest BCUT2D eigenvalue weighted by Crippen LogP contribution is 2.20. The molecule has 1 atom stereocenters. The van der Waals surface area contributed by atoms with Gasteiger partial charge in [0.25, 0.3) is 11.8 Å². The van der Waals surface area contributed by atoms with Gasteiger partial charge in [0.2, 0.25) is 5.78 Å². The van der Waals surface area contributed by atoms with Gasteiger partial charge in [-0.25, -0.2) is 9.67 Å². The molecule has 1 aliphatic rings. The second-order valence-electron chi connectivity index (χ2n) is 7.98. The third-order valence-corrected chi connectivity index (χ3v) is 5.79. The largest absolute Gasteiger partial charge is 0.363 e. The van der Waals surface area contributed by atoms with E-state index in [1.807, 2.05) is 36.5 Å². The molecule has 1 unspecified atom stereocenters. The van der Waals surface area contributed by atoms with Gasteiger partial charge in [0, 0.05) is 31.9 Å². The van der Waals surface area contributed by atoms with E-state index in [4.69, 9.17) is 5.73 Å². The Hall–Kier alpha value is -3.85. The van der Waals surface area contributed by atoms with E-state index in [-0.39, 0.29) is 12.0 Å². The summed E-state index contributed by atoms with van der Waals surface area (Å²) >= 11 is 0. The van der Waals surface area contributed by atoms with E-state index in [9.17, 15) is 14.4 Å². The minimum absolute atomic E-state index is 0.146. The van der Waals surface area contributed by atoms with Crippen molar-refractivity contribution < 1.29 is 14.4 Å². The predicted octanol–water partition coefficient (Wildman–Crippen LogP) is 1.04. The second kappa shape index (κ2) is 9.74. The van der Waals surface area contributed by atoms with Crippen LogP contribution >= 0.6 is 0 Å². The number of primary amides is 1. The van der Waals surface area contributed by atoms with Crippen molar-refractivity contribution in [2.75, 3.05) is 13.1 Å². The third kappa shape index (κ3) is 4.98. The van der Waals surface area contributed by atoms with Crippen molar-refractivity contribution in [1.29, 1.82) is 0 Å². The predicted molar refractivity (Wildman–Crippen MR) is 122 cm³/mol. The maximum absolute atomic E-state index is 13.2. The summed E-state index contributed by atoms with van der Waals surface area (Å²) in [7, 11) is 0. The van der Waals surface area contributed by atoms with Crippen LogP contribution in [0.4, 0.5) is 0 Å². The van der Waals surface area contributed by atoms with Gasteiger partial charge in [-0.1, -0.05) is 37.3 Å². The van der Waals surface area contributed by atoms with Gasteiger partial charge in [0.05, 0.1) is 11.3 Å². The summed E-state index contributed by atoms with van der Waals surface area (Å²) in [5.41, 5.74) is 8.37. The number of carbonyl (C=O) groups excluding carboxylic acids is 3. The minimum Gasteiger partial charge on any atom is -0.363 e. The lowest BCUT2D eigenvalue weighted by molar-refractivity contribution is -0.137. The highest BCUT2D eigenvalue weighted by Gasteiger charge is 2.28. The lowest BCUT2D eigenvalue weighted by Crippen LogP contribution is -2.47. The molecule has 2 aromatic heterocycles. The van der Waals surface area contributed by atoms with E-state index >= 15 is 0 Å². The van der Waals surface area contributed by atoms with E-state index in [2.05, 4.69) is 27.2 Å². The van der Waals surface area contributed by atoms with Crippen molar-refractivity contribution in [3.63, 3.8) is 0 Å². The fraction of sp³-hybridized carbons (Fsp3) is 0.292. The fourth-order valence-corrected chi connectivity index (χ4v) is 3.96. The van der Waals surface area contributed by atoms with Gasteiger partial charge in [-0.15, -0.1) is 0 Å². The molecular formula is C24H26N6O3. The third-order valence-electron chi connectivity index (χ3n) is 5.79. The number of aromatic nitrogens is 3. The van der Waals surface area contributed by atoms with Gasteiger partial charge < -0.3 is 11.1 Å². The number of pyridine rings is 1. The van der Waals surface area contributed by atoms with Gasteiger partial charge in [-0.05, 0) is 36.2 Å². The first kappa shape index (κ1) is 22.3. The van der Waals surface area contributed by atoms with Crippen molar-refractivity contribution in [3.05, 3.63) is 77.2 Å². The molecule has 33 heavy (non-hydrogen) atoms. The van der Waals surface area contributed by atoms with Crippen molar-refractivity contribution >= 4 is 17.6 Å². The van der Waals surface area contributed by atoms with Gasteiger partial charge >= 0.3 is 0 Å². The first-order valence-corrected chi connectivity index (χ1v) is 10.9. The molecule has 3 heterocycles. The van der Waals surface area contributed by atoms with Crippen molar-refractivity contribution in [2.24, 2.45) is 5.73 Å². The van der Waals surface area contributed by atoms with Gasteiger partial charge in [-0.3, -0.25) is 19.3 Å². The molecule has 9 heteroatoms. The Morgan fingerprint density at radius 2 is 1.94 bits per heavy atom. The monoisotopic (exact) mass is 446 g/mol. The number of fused-ring (bicyclic) bond motifs is 1. The van der Waals surface area contributed by atoms with Crippen LogP contribution in [0.2, 0.25) is 0 Å². The quantitative estimate of drug-likeness (QED) is 0.499. The molecule has 1 aliphatic heterocycles. The van der Waals surface area contributed by atoms with E-state index in [0.717, 1.165) is 42.9 Å². The summed E-state index contributed by atoms with van der Waals surface area (Å²) in [6.45, 7) is 4.77. The topological polar surface area (TPSA) is 123 Å². The number of hydrogen-bond donors (Lipinski definition) is 2. The number of benzene rings is 1. The fourth-order valence-electron chi connectivity index (χ4n) is 3.96. The van der Waals surface area contributed by atoms with Crippen LogP contribution in [0.15, 0.2) is 54.9 Å². The molecule has 0 saturated carbocycles. The number of amides is 2. The molecule has 4 rings (SSSR count). The van der Waals surface area contributed by atoms with Crippen LogP contribution in [0.3, 0.4) is 0 Å². The summed E-state index contributed by atoms with van der Waals surface area (Å²) in [5, 5.41) is 7.34. The number of nitrogens with zero attached hydrogens (tertiary/aromatic N) is 4. The maximum Gasteiger partial charge on any atom is 0.287 e. The normalized spacial score (nSPS) is 14.3. The molecule has 2 amide bonds. The molecule has 1 aromatic carbocycles. The minimum atomic E-state index is -1.09. The number of Topliss-reactive ketones (excluding diaryl/α,β-unsaturated/α-hetero) is 1. The smallest absolute Gasteiger partial charge is 0.287 e. The van der Waals surface area contributed by atoms with E-state index in [1.54, 1.807) is 23.0 Å². The number of nitrogens with two attached hydrogens (primary N) is 1. The number of ketones is 1. The Kier molecular flexibility index (Phi) is 6.60. The van der Waals surface area contributed by atoms with Gasteiger partial charge in [0.15, 0.2) is 5.82 Å². The van der Waals surface area contributed by atoms with E-state index < -0.39 is 23.6 Å². The molecule has 170 valence electrons. The average molecular weight is 447 g/mol. The molecule has 3 aromatic rings. The van der Waals surface area contributed by atoms with E-state index in [1.165, 1.54) is 0 Å². The van der Waals surface area contributed by atoms with E-state index in [0.29, 0.717) is 5.82 Å². The molecule has 0 bridgehead atoms. The Bertz CT molecular complexity index is 1170. The molecule has 0 fully saturated rings. The first-order chi connectivity index (χ1) is 16.0. The first-order valence-electron chi connectivity index (χ1n) is 10.9. The zero-order chi connectivity index (χ0) is 23.4. The van der Waals surface area contributed by atoms with Crippen LogP contribution in [-0.2, 0) is 29.0 Å². The van der Waals surface area contributed by atoms with Crippen LogP contribution in [0.25, 0.3) is 5.82 Å². The Labute approximate surface area is 191 Å². The number of rotatable bonds is 8. The highest BCUT2D eigenvalue weighted by molar-refractivity contribution is 6.38. The zero-order valence-corrected chi connectivity index (χ0v) is 18.4. The van der Waals surface area contributed by atoms with Crippen LogP contribution in [0.1, 0.15) is 34.1 Å². The standard InChI is InChI=1S/C24H26N6O3/c1-2-29-12-10-17-14-30(28-20(17)15-29)23-18(9-6-11-26-23)24(33)27-19(21(31)22(25)32)13-16-7-4-3-5-8-16/h3-9,11,14,19H,2,10,12-13,15H2,1H3,(H2,25,32)(H,27,33). The Balaban J connectivity index is 1.60. The van der Waals surface area contributed by atoms with Crippen LogP contribution in [0, 0.1) is 0 Å². The molecule has 0 spiro atoms. The summed E-state index contributed by atoms with van der Waals surface area (Å²) < 4.78 is 1.61. The zero-order valence-electron chi connectivity index (χ0n) is 18.4.